The molecule has 7 saturated carbocycles. The highest BCUT2D eigenvalue weighted by Gasteiger charge is 2.41. The monoisotopic (exact) mass is 1480 g/mol. The first-order chi connectivity index (χ1) is 52.0. The van der Waals surface area contributed by atoms with Crippen LogP contribution in [0.3, 0.4) is 0 Å². The summed E-state index contributed by atoms with van der Waals surface area (Å²) in [7, 11) is 0. The standard InChI is InChI=1S/C98H178O8/c1-6-94(62-32-63-94)56-26-34-81(5)69-99-80-98(60-30-44-91(42-28-58-97(9-4)78-102-79-97)104-71-89(54-55-93-74-106-93)68-86-39-24-18-13-19-25-40-86,61-31-45-92(73-100-75-95(7-2)64-33-65-95)105-72-88(53-51-83-48-49-83)67-85-37-22-16-12-17-23-38-85)59-29-43-90(41-27-57-96(8-3)76-101-77-96)103-70-87(52-50-82-46-47-82)66-84-35-20-14-10-11-15-21-36-84/h81-93H,6-80H2,1-5H3. The molecule has 3 saturated heterocycles. The van der Waals surface area contributed by atoms with Gasteiger partial charge in [0.15, 0.2) is 0 Å². The molecule has 8 nitrogen and oxygen atoms in total. The SMILES string of the molecule is CCC1(CCCC(C)COCC(CCCC(CCCC2(CC)COC2)OCC(CCC2CC2)CC2CCCCCCCC2)(CCCC(CCCC2(CC)COC2)OCC(CCC2CO2)CC2CCCCCCC2)CCCC(COCC2(CC)CCC2)OCC(CCC2CC2)CC2CCCCCCC2)CCC1. The molecule has 8 heteroatoms. The highest BCUT2D eigenvalue weighted by molar-refractivity contribution is 4.91. The average molecular weight is 1480 g/mol. The van der Waals surface area contributed by atoms with Crippen LogP contribution in [0.2, 0.25) is 0 Å². The fourth-order valence-electron chi connectivity index (χ4n) is 22.3. The summed E-state index contributed by atoms with van der Waals surface area (Å²) in [6.07, 6.45) is 86.6. The Morgan fingerprint density at radius 3 is 1.08 bits per heavy atom. The van der Waals surface area contributed by atoms with Crippen molar-refractivity contribution in [2.45, 2.75) is 464 Å². The summed E-state index contributed by atoms with van der Waals surface area (Å²) in [4.78, 5) is 0. The second kappa shape index (κ2) is 48.9. The topological polar surface area (TPSA) is 77.1 Å². The smallest absolute Gasteiger partial charge is 0.0810 e. The first-order valence-corrected chi connectivity index (χ1v) is 48.8. The van der Waals surface area contributed by atoms with Crippen LogP contribution in [0.15, 0.2) is 0 Å². The summed E-state index contributed by atoms with van der Waals surface area (Å²) in [6, 6.07) is 0. The molecule has 9 atom stereocenters. The zero-order chi connectivity index (χ0) is 73.7. The molecule has 3 heterocycles. The van der Waals surface area contributed by atoms with Gasteiger partial charge in [0.05, 0.1) is 77.3 Å². The Kier molecular flexibility index (Phi) is 40.6. The zero-order valence-corrected chi connectivity index (χ0v) is 71.3. The molecule has 0 amide bonds. The van der Waals surface area contributed by atoms with Crippen molar-refractivity contribution in [3.8, 4) is 0 Å². The Labute approximate surface area is 657 Å². The normalized spacial score (nSPS) is 25.7. The number of epoxide rings is 1. The molecule has 7 aliphatic carbocycles. The number of ether oxygens (including phenoxy) is 8. The van der Waals surface area contributed by atoms with Crippen LogP contribution in [0.4, 0.5) is 0 Å². The first kappa shape index (κ1) is 88.1. The van der Waals surface area contributed by atoms with E-state index in [0.29, 0.717) is 63.6 Å². The van der Waals surface area contributed by atoms with Gasteiger partial charge in [-0.15, -0.1) is 0 Å². The van der Waals surface area contributed by atoms with E-state index in [4.69, 9.17) is 37.9 Å². The van der Waals surface area contributed by atoms with Crippen LogP contribution in [0.1, 0.15) is 439 Å². The maximum Gasteiger partial charge on any atom is 0.0810 e. The van der Waals surface area contributed by atoms with Gasteiger partial charge in [-0.05, 0) is 236 Å². The first-order valence-electron chi connectivity index (χ1n) is 48.8. The van der Waals surface area contributed by atoms with Crippen LogP contribution in [0.25, 0.3) is 0 Å². The van der Waals surface area contributed by atoms with Gasteiger partial charge < -0.3 is 37.9 Å². The minimum absolute atomic E-state index is 0.0709. The Morgan fingerprint density at radius 2 is 0.717 bits per heavy atom. The lowest BCUT2D eigenvalue weighted by Gasteiger charge is -2.41. The van der Waals surface area contributed by atoms with Gasteiger partial charge in [-0.1, -0.05) is 272 Å². The molecule has 0 bridgehead atoms. The Morgan fingerprint density at radius 1 is 0.349 bits per heavy atom. The highest BCUT2D eigenvalue weighted by atomic mass is 16.6. The van der Waals surface area contributed by atoms with Gasteiger partial charge in [0.25, 0.3) is 0 Å². The van der Waals surface area contributed by atoms with E-state index in [1.54, 1.807) is 0 Å². The number of hydrogen-bond acceptors (Lipinski definition) is 8. The van der Waals surface area contributed by atoms with Crippen LogP contribution in [0.5, 0.6) is 0 Å². The molecule has 10 fully saturated rings. The van der Waals surface area contributed by atoms with Crippen LogP contribution in [-0.4, -0.2) is 104 Å². The van der Waals surface area contributed by atoms with Gasteiger partial charge in [-0.2, -0.15) is 0 Å². The van der Waals surface area contributed by atoms with Gasteiger partial charge in [-0.3, -0.25) is 0 Å². The molecule has 106 heavy (non-hydrogen) atoms. The van der Waals surface area contributed by atoms with E-state index in [0.717, 1.165) is 122 Å². The van der Waals surface area contributed by atoms with Gasteiger partial charge in [-0.25, -0.2) is 0 Å². The lowest BCUT2D eigenvalue weighted by molar-refractivity contribution is -0.121. The van der Waals surface area contributed by atoms with E-state index in [-0.39, 0.29) is 11.5 Å². The minimum Gasteiger partial charge on any atom is -0.381 e. The molecule has 0 aromatic rings. The van der Waals surface area contributed by atoms with E-state index >= 15 is 0 Å². The van der Waals surface area contributed by atoms with Crippen molar-refractivity contribution in [2.24, 2.45) is 80.3 Å². The van der Waals surface area contributed by atoms with Gasteiger partial charge in [0.1, 0.15) is 0 Å². The molecule has 0 spiro atoms. The third kappa shape index (κ3) is 33.1. The summed E-state index contributed by atoms with van der Waals surface area (Å²) in [5, 5.41) is 0. The molecule has 618 valence electrons. The molecule has 0 aromatic carbocycles. The second-order valence-corrected chi connectivity index (χ2v) is 40.8. The van der Waals surface area contributed by atoms with Crippen LogP contribution >= 0.6 is 0 Å². The summed E-state index contributed by atoms with van der Waals surface area (Å²) >= 11 is 0. The average Bonchev–Trinajstić information content (AvgIpc) is 1.06. The second-order valence-electron chi connectivity index (χ2n) is 40.8. The van der Waals surface area contributed by atoms with Crippen molar-refractivity contribution in [3.63, 3.8) is 0 Å². The minimum atomic E-state index is 0.0709. The molecule has 9 unspecified atom stereocenters. The van der Waals surface area contributed by atoms with Gasteiger partial charge in [0.2, 0.25) is 0 Å². The molecule has 10 rings (SSSR count). The predicted octanol–water partition coefficient (Wildman–Crippen LogP) is 27.9. The maximum absolute atomic E-state index is 7.63. The predicted molar refractivity (Wildman–Crippen MR) is 445 cm³/mol. The highest BCUT2D eigenvalue weighted by Crippen LogP contribution is 2.49. The fourth-order valence-corrected chi connectivity index (χ4v) is 22.3. The van der Waals surface area contributed by atoms with Crippen LogP contribution < -0.4 is 0 Å². The van der Waals surface area contributed by atoms with Gasteiger partial charge >= 0.3 is 0 Å². The maximum atomic E-state index is 7.63. The van der Waals surface area contributed by atoms with Crippen LogP contribution in [0, 0.1) is 80.3 Å². The van der Waals surface area contributed by atoms with E-state index < -0.39 is 0 Å². The van der Waals surface area contributed by atoms with Gasteiger partial charge in [0, 0.05) is 37.3 Å². The fraction of sp³-hybridized carbons (Fsp3) is 1.00. The quantitative estimate of drug-likeness (QED) is 0.0558. The number of rotatable bonds is 60. The van der Waals surface area contributed by atoms with Crippen molar-refractivity contribution >= 4 is 0 Å². The molecule has 0 radical (unpaired) electrons. The summed E-state index contributed by atoms with van der Waals surface area (Å²) < 4.78 is 55.1. The largest absolute Gasteiger partial charge is 0.381 e. The lowest BCUT2D eigenvalue weighted by atomic mass is 9.64. The number of hydrogen-bond donors (Lipinski definition) is 0. The Hall–Kier alpha value is -0.320. The Balaban J connectivity index is 0.902. The molecule has 10 aliphatic rings. The van der Waals surface area contributed by atoms with E-state index in [1.807, 2.05) is 0 Å². The van der Waals surface area contributed by atoms with E-state index in [1.165, 1.54) is 392 Å². The van der Waals surface area contributed by atoms with Crippen molar-refractivity contribution in [3.05, 3.63) is 0 Å². The summed E-state index contributed by atoms with van der Waals surface area (Å²) in [5.41, 5.74) is 1.84. The van der Waals surface area contributed by atoms with Crippen molar-refractivity contribution < 1.29 is 37.9 Å². The molecule has 0 N–H and O–H groups in total. The lowest BCUT2D eigenvalue weighted by Crippen LogP contribution is -2.42. The van der Waals surface area contributed by atoms with Crippen LogP contribution in [-0.2, 0) is 37.9 Å². The molecule has 3 aliphatic heterocycles. The van der Waals surface area contributed by atoms with Crippen molar-refractivity contribution in [1.82, 2.24) is 0 Å². The zero-order valence-electron chi connectivity index (χ0n) is 71.3. The van der Waals surface area contributed by atoms with Crippen molar-refractivity contribution in [1.29, 1.82) is 0 Å². The Bertz CT molecular complexity index is 2070. The molecule has 0 aromatic heterocycles. The molecular formula is C98H178O8. The van der Waals surface area contributed by atoms with Crippen molar-refractivity contribution in [2.75, 3.05) is 79.3 Å². The third-order valence-electron chi connectivity index (χ3n) is 31.8. The summed E-state index contributed by atoms with van der Waals surface area (Å²) in [6.45, 7) is 23.3. The third-order valence-corrected chi connectivity index (χ3v) is 31.8. The summed E-state index contributed by atoms with van der Waals surface area (Å²) in [5.74, 6) is 7.18. The molecular weight excluding hydrogens is 1310 g/mol. The van der Waals surface area contributed by atoms with E-state index in [9.17, 15) is 0 Å². The van der Waals surface area contributed by atoms with E-state index in [2.05, 4.69) is 34.6 Å².